The zero-order chi connectivity index (χ0) is 8.65. The van der Waals surface area contributed by atoms with Crippen LogP contribution in [0.5, 0.6) is 0 Å². The molecule has 0 atom stereocenters. The van der Waals surface area contributed by atoms with Crippen molar-refractivity contribution in [1.82, 2.24) is 9.97 Å². The molecular formula is C9H9FN2. The smallest absolute Gasteiger partial charge is 0.212 e. The zero-order valence-corrected chi connectivity index (χ0v) is 6.44. The van der Waals surface area contributed by atoms with Crippen molar-refractivity contribution in [2.75, 3.05) is 0 Å². The first kappa shape index (κ1) is 8.46. The van der Waals surface area contributed by atoms with Crippen molar-refractivity contribution >= 4 is 0 Å². The van der Waals surface area contributed by atoms with Crippen LogP contribution in [0.25, 0.3) is 0 Å². The van der Waals surface area contributed by atoms with Gasteiger partial charge in [-0.15, -0.1) is 0 Å². The third kappa shape index (κ3) is 3.51. The van der Waals surface area contributed by atoms with Crippen molar-refractivity contribution in [1.29, 1.82) is 0 Å². The molecule has 0 saturated heterocycles. The predicted molar refractivity (Wildman–Crippen MR) is 45.0 cm³/mol. The van der Waals surface area contributed by atoms with Crippen LogP contribution in [0, 0.1) is 5.95 Å². The maximum Gasteiger partial charge on any atom is 0.212 e. The number of aromatic nitrogens is 2. The summed E-state index contributed by atoms with van der Waals surface area (Å²) < 4.78 is 11.8. The average molecular weight is 164 g/mol. The Hall–Kier alpha value is -1.64. The number of pyridine rings is 1. The van der Waals surface area contributed by atoms with Gasteiger partial charge in [-0.1, -0.05) is 6.07 Å². The number of rotatable bonds is 0. The van der Waals surface area contributed by atoms with E-state index in [2.05, 4.69) is 9.97 Å². The first-order valence-corrected chi connectivity index (χ1v) is 3.54. The van der Waals surface area contributed by atoms with Crippen LogP contribution < -0.4 is 0 Å². The second-order valence-corrected chi connectivity index (χ2v) is 2.04. The lowest BCUT2D eigenvalue weighted by Gasteiger charge is -1.78. The number of aromatic amines is 1. The van der Waals surface area contributed by atoms with E-state index < -0.39 is 5.95 Å². The van der Waals surface area contributed by atoms with Gasteiger partial charge in [-0.25, -0.2) is 4.98 Å². The fraction of sp³-hybridized carbons (Fsp3) is 0. The third-order valence-electron chi connectivity index (χ3n) is 1.12. The molecule has 2 rings (SSSR count). The van der Waals surface area contributed by atoms with Gasteiger partial charge in [0.05, 0.1) is 0 Å². The topological polar surface area (TPSA) is 28.7 Å². The summed E-state index contributed by atoms with van der Waals surface area (Å²) in [5.74, 6) is -0.428. The molecule has 0 aliphatic carbocycles. The molecule has 62 valence electrons. The summed E-state index contributed by atoms with van der Waals surface area (Å²) in [5, 5.41) is 0. The first-order chi connectivity index (χ1) is 5.89. The van der Waals surface area contributed by atoms with Crippen LogP contribution in [0.1, 0.15) is 0 Å². The Morgan fingerprint density at radius 2 is 1.83 bits per heavy atom. The molecule has 0 fully saturated rings. The third-order valence-corrected chi connectivity index (χ3v) is 1.12. The van der Waals surface area contributed by atoms with Crippen molar-refractivity contribution in [3.05, 3.63) is 54.9 Å². The monoisotopic (exact) mass is 164 g/mol. The molecule has 12 heavy (non-hydrogen) atoms. The van der Waals surface area contributed by atoms with Gasteiger partial charge in [0.1, 0.15) is 0 Å². The fourth-order valence-electron chi connectivity index (χ4n) is 0.620. The first-order valence-electron chi connectivity index (χ1n) is 3.54. The minimum absolute atomic E-state index is 0.428. The summed E-state index contributed by atoms with van der Waals surface area (Å²) >= 11 is 0. The van der Waals surface area contributed by atoms with Crippen LogP contribution in [-0.2, 0) is 0 Å². The minimum Gasteiger partial charge on any atom is -0.368 e. The highest BCUT2D eigenvalue weighted by molar-refractivity contribution is 4.90. The Balaban J connectivity index is 0.000000127. The summed E-state index contributed by atoms with van der Waals surface area (Å²) in [6, 6.07) is 8.46. The van der Waals surface area contributed by atoms with Crippen LogP contribution in [0.4, 0.5) is 4.39 Å². The molecule has 3 heteroatoms. The number of halogens is 1. The van der Waals surface area contributed by atoms with Gasteiger partial charge in [0, 0.05) is 18.6 Å². The Kier molecular flexibility index (Phi) is 3.57. The average Bonchev–Trinajstić information content (AvgIpc) is 2.62. The van der Waals surface area contributed by atoms with E-state index in [-0.39, 0.29) is 0 Å². The molecule has 0 radical (unpaired) electrons. The van der Waals surface area contributed by atoms with E-state index in [0.717, 1.165) is 0 Å². The van der Waals surface area contributed by atoms with Crippen molar-refractivity contribution in [2.45, 2.75) is 0 Å². The summed E-state index contributed by atoms with van der Waals surface area (Å²) in [5.41, 5.74) is 0. The van der Waals surface area contributed by atoms with E-state index in [0.29, 0.717) is 0 Å². The Labute approximate surface area is 70.1 Å². The molecule has 2 aromatic heterocycles. The summed E-state index contributed by atoms with van der Waals surface area (Å²) in [6.07, 6.45) is 5.16. The van der Waals surface area contributed by atoms with Gasteiger partial charge in [0.2, 0.25) is 5.95 Å². The summed E-state index contributed by atoms with van der Waals surface area (Å²) in [4.78, 5) is 6.17. The highest BCUT2D eigenvalue weighted by Gasteiger charge is 1.78. The van der Waals surface area contributed by atoms with Gasteiger partial charge in [0.25, 0.3) is 0 Å². The molecule has 2 nitrogen and oxygen atoms in total. The molecule has 0 aromatic carbocycles. The maximum absolute atomic E-state index is 11.8. The van der Waals surface area contributed by atoms with E-state index in [4.69, 9.17) is 0 Å². The lowest BCUT2D eigenvalue weighted by atomic mass is 10.5. The number of nitrogens with one attached hydrogen (secondary N) is 1. The number of H-pyrrole nitrogens is 1. The van der Waals surface area contributed by atoms with Crippen molar-refractivity contribution in [3.8, 4) is 0 Å². The Morgan fingerprint density at radius 3 is 2.08 bits per heavy atom. The highest BCUT2D eigenvalue weighted by Crippen LogP contribution is 1.85. The minimum atomic E-state index is -0.428. The highest BCUT2D eigenvalue weighted by atomic mass is 19.1. The van der Waals surface area contributed by atoms with Crippen molar-refractivity contribution in [2.24, 2.45) is 0 Å². The van der Waals surface area contributed by atoms with E-state index in [9.17, 15) is 4.39 Å². The summed E-state index contributed by atoms with van der Waals surface area (Å²) in [7, 11) is 0. The Morgan fingerprint density at radius 1 is 1.08 bits per heavy atom. The fourth-order valence-corrected chi connectivity index (χ4v) is 0.620. The van der Waals surface area contributed by atoms with E-state index in [1.54, 1.807) is 12.1 Å². The van der Waals surface area contributed by atoms with Crippen LogP contribution >= 0.6 is 0 Å². The van der Waals surface area contributed by atoms with E-state index in [1.165, 1.54) is 12.3 Å². The van der Waals surface area contributed by atoms with Gasteiger partial charge in [-0.3, -0.25) is 0 Å². The molecule has 1 N–H and O–H groups in total. The second-order valence-electron chi connectivity index (χ2n) is 2.04. The van der Waals surface area contributed by atoms with E-state index in [1.807, 2.05) is 24.5 Å². The quantitative estimate of drug-likeness (QED) is 0.594. The van der Waals surface area contributed by atoms with Gasteiger partial charge in [-0.2, -0.15) is 4.39 Å². The molecule has 0 aliphatic heterocycles. The SMILES string of the molecule is Fc1ccccn1.c1cc[nH]c1. The van der Waals surface area contributed by atoms with Gasteiger partial charge in [0.15, 0.2) is 0 Å². The molecule has 0 aliphatic rings. The summed E-state index contributed by atoms with van der Waals surface area (Å²) in [6.45, 7) is 0. The number of nitrogens with zero attached hydrogens (tertiary/aromatic N) is 1. The lowest BCUT2D eigenvalue weighted by Crippen LogP contribution is -1.73. The van der Waals surface area contributed by atoms with E-state index >= 15 is 0 Å². The molecule has 0 unspecified atom stereocenters. The van der Waals surface area contributed by atoms with Crippen molar-refractivity contribution < 1.29 is 4.39 Å². The lowest BCUT2D eigenvalue weighted by molar-refractivity contribution is 0.584. The molecule has 2 aromatic rings. The zero-order valence-electron chi connectivity index (χ0n) is 6.44. The van der Waals surface area contributed by atoms with Crippen molar-refractivity contribution in [3.63, 3.8) is 0 Å². The van der Waals surface area contributed by atoms with Crippen LogP contribution in [-0.4, -0.2) is 9.97 Å². The largest absolute Gasteiger partial charge is 0.368 e. The molecule has 0 amide bonds. The number of hydrogen-bond donors (Lipinski definition) is 1. The van der Waals surface area contributed by atoms with Gasteiger partial charge in [-0.05, 0) is 24.3 Å². The number of hydrogen-bond acceptors (Lipinski definition) is 1. The van der Waals surface area contributed by atoms with Crippen LogP contribution in [0.2, 0.25) is 0 Å². The van der Waals surface area contributed by atoms with Gasteiger partial charge >= 0.3 is 0 Å². The standard InChI is InChI=1S/C5H4FN.C4H5N/c6-5-3-1-2-4-7-5;1-2-4-5-3-1/h1-4H;1-5H. The van der Waals surface area contributed by atoms with Crippen LogP contribution in [0.15, 0.2) is 48.9 Å². The van der Waals surface area contributed by atoms with Gasteiger partial charge < -0.3 is 4.98 Å². The molecule has 0 saturated carbocycles. The predicted octanol–water partition coefficient (Wildman–Crippen LogP) is 2.24. The van der Waals surface area contributed by atoms with Crippen LogP contribution in [0.3, 0.4) is 0 Å². The molecule has 0 spiro atoms. The molecule has 0 bridgehead atoms. The Bertz CT molecular complexity index is 261. The second kappa shape index (κ2) is 5.07. The maximum atomic E-state index is 11.8. The normalized spacial score (nSPS) is 8.42. The molecular weight excluding hydrogens is 155 g/mol. The molecule has 2 heterocycles.